The summed E-state index contributed by atoms with van der Waals surface area (Å²) in [6, 6.07) is 15.9. The lowest BCUT2D eigenvalue weighted by Crippen LogP contribution is -2.31. The lowest BCUT2D eigenvalue weighted by atomic mass is 10.1. The molecular weight excluding hydrogens is 263 g/mol. The van der Waals surface area contributed by atoms with Crippen molar-refractivity contribution in [2.45, 2.75) is 33.0 Å². The first-order valence-electron chi connectivity index (χ1n) is 7.36. The average Bonchev–Trinajstić information content (AvgIpc) is 2.48. The van der Waals surface area contributed by atoms with Gasteiger partial charge in [-0.25, -0.2) is 4.39 Å². The van der Waals surface area contributed by atoms with Gasteiger partial charge in [0.1, 0.15) is 5.82 Å². The van der Waals surface area contributed by atoms with E-state index in [0.29, 0.717) is 12.6 Å². The van der Waals surface area contributed by atoms with E-state index in [9.17, 15) is 4.39 Å². The van der Waals surface area contributed by atoms with E-state index >= 15 is 0 Å². The molecule has 2 aromatic rings. The Morgan fingerprint density at radius 2 is 1.76 bits per heavy atom. The lowest BCUT2D eigenvalue weighted by Gasteiger charge is -2.31. The maximum absolute atomic E-state index is 14.1. The number of halogens is 1. The molecule has 0 spiro atoms. The standard InChI is InChI=1S/C18H23FN2/c1-14(2)21(13-15-8-5-4-6-9-15)18-11-7-10-17(19)16(18)12-20-3/h4-11,14,20H,12-13H2,1-3H3. The van der Waals surface area contributed by atoms with Gasteiger partial charge in [0.15, 0.2) is 0 Å². The molecule has 0 unspecified atom stereocenters. The van der Waals surface area contributed by atoms with Crippen LogP contribution in [0, 0.1) is 5.82 Å². The van der Waals surface area contributed by atoms with Crippen LogP contribution in [0.2, 0.25) is 0 Å². The van der Waals surface area contributed by atoms with Crippen LogP contribution in [-0.2, 0) is 13.1 Å². The van der Waals surface area contributed by atoms with Crippen molar-refractivity contribution in [2.75, 3.05) is 11.9 Å². The minimum Gasteiger partial charge on any atom is -0.364 e. The third kappa shape index (κ3) is 3.82. The molecule has 2 aromatic carbocycles. The Hall–Kier alpha value is -1.87. The van der Waals surface area contributed by atoms with Gasteiger partial charge in [0.2, 0.25) is 0 Å². The average molecular weight is 286 g/mol. The predicted octanol–water partition coefficient (Wildman–Crippen LogP) is 3.96. The Bertz CT molecular complexity index is 567. The number of rotatable bonds is 6. The smallest absolute Gasteiger partial charge is 0.129 e. The highest BCUT2D eigenvalue weighted by molar-refractivity contribution is 5.55. The van der Waals surface area contributed by atoms with Gasteiger partial charge in [-0.05, 0) is 38.6 Å². The van der Waals surface area contributed by atoms with Gasteiger partial charge < -0.3 is 10.2 Å². The summed E-state index contributed by atoms with van der Waals surface area (Å²) < 4.78 is 14.1. The first-order chi connectivity index (χ1) is 10.1. The minimum atomic E-state index is -0.152. The maximum atomic E-state index is 14.1. The van der Waals surface area contributed by atoms with Gasteiger partial charge in [-0.15, -0.1) is 0 Å². The van der Waals surface area contributed by atoms with Gasteiger partial charge in [-0.1, -0.05) is 36.4 Å². The molecular formula is C18H23FN2. The van der Waals surface area contributed by atoms with Gasteiger partial charge in [0.25, 0.3) is 0 Å². The van der Waals surface area contributed by atoms with Crippen LogP contribution in [0.5, 0.6) is 0 Å². The fourth-order valence-corrected chi connectivity index (χ4v) is 2.49. The summed E-state index contributed by atoms with van der Waals surface area (Å²) in [5.74, 6) is -0.152. The Morgan fingerprint density at radius 3 is 2.38 bits per heavy atom. The minimum absolute atomic E-state index is 0.152. The molecule has 0 saturated heterocycles. The SMILES string of the molecule is CNCc1c(F)cccc1N(Cc1ccccc1)C(C)C. The summed E-state index contributed by atoms with van der Waals surface area (Å²) in [4.78, 5) is 2.24. The topological polar surface area (TPSA) is 15.3 Å². The molecule has 0 aliphatic rings. The van der Waals surface area contributed by atoms with Crippen LogP contribution in [0.25, 0.3) is 0 Å². The molecule has 1 N–H and O–H groups in total. The molecule has 2 rings (SSSR count). The predicted molar refractivity (Wildman–Crippen MR) is 86.9 cm³/mol. The molecule has 21 heavy (non-hydrogen) atoms. The third-order valence-electron chi connectivity index (χ3n) is 3.58. The first-order valence-corrected chi connectivity index (χ1v) is 7.36. The summed E-state index contributed by atoms with van der Waals surface area (Å²) in [6.07, 6.45) is 0. The van der Waals surface area contributed by atoms with Crippen LogP contribution in [0.4, 0.5) is 10.1 Å². The molecule has 112 valence electrons. The zero-order chi connectivity index (χ0) is 15.2. The highest BCUT2D eigenvalue weighted by atomic mass is 19.1. The van der Waals surface area contributed by atoms with Crippen LogP contribution >= 0.6 is 0 Å². The Balaban J connectivity index is 2.37. The van der Waals surface area contributed by atoms with Crippen molar-refractivity contribution >= 4 is 5.69 Å². The molecule has 0 bridgehead atoms. The fourth-order valence-electron chi connectivity index (χ4n) is 2.49. The lowest BCUT2D eigenvalue weighted by molar-refractivity contribution is 0.593. The summed E-state index contributed by atoms with van der Waals surface area (Å²) >= 11 is 0. The van der Waals surface area contributed by atoms with Crippen LogP contribution in [-0.4, -0.2) is 13.1 Å². The molecule has 0 fully saturated rings. The zero-order valence-electron chi connectivity index (χ0n) is 12.9. The van der Waals surface area contributed by atoms with E-state index < -0.39 is 0 Å². The summed E-state index contributed by atoms with van der Waals surface area (Å²) in [5.41, 5.74) is 2.92. The van der Waals surface area contributed by atoms with E-state index in [2.05, 4.69) is 36.2 Å². The summed E-state index contributed by atoms with van der Waals surface area (Å²) in [6.45, 7) is 5.58. The fraction of sp³-hybridized carbons (Fsp3) is 0.333. The molecule has 0 aromatic heterocycles. The number of hydrogen-bond acceptors (Lipinski definition) is 2. The number of benzene rings is 2. The highest BCUT2D eigenvalue weighted by Crippen LogP contribution is 2.26. The maximum Gasteiger partial charge on any atom is 0.129 e. The van der Waals surface area contributed by atoms with Crippen molar-refractivity contribution < 1.29 is 4.39 Å². The third-order valence-corrected chi connectivity index (χ3v) is 3.58. The monoisotopic (exact) mass is 286 g/mol. The van der Waals surface area contributed by atoms with E-state index in [1.807, 2.05) is 31.3 Å². The first kappa shape index (κ1) is 15.5. The largest absolute Gasteiger partial charge is 0.364 e. The van der Waals surface area contributed by atoms with E-state index in [-0.39, 0.29) is 5.82 Å². The highest BCUT2D eigenvalue weighted by Gasteiger charge is 2.17. The second-order valence-corrected chi connectivity index (χ2v) is 5.48. The van der Waals surface area contributed by atoms with Crippen LogP contribution in [0.1, 0.15) is 25.0 Å². The second-order valence-electron chi connectivity index (χ2n) is 5.48. The van der Waals surface area contributed by atoms with Gasteiger partial charge in [0.05, 0.1) is 0 Å². The molecule has 3 heteroatoms. The van der Waals surface area contributed by atoms with Crippen LogP contribution in [0.3, 0.4) is 0 Å². The van der Waals surface area contributed by atoms with Crippen LogP contribution < -0.4 is 10.2 Å². The van der Waals surface area contributed by atoms with Gasteiger partial charge >= 0.3 is 0 Å². The zero-order valence-corrected chi connectivity index (χ0v) is 12.9. The molecule has 0 radical (unpaired) electrons. The molecule has 0 heterocycles. The van der Waals surface area contributed by atoms with E-state index in [1.54, 1.807) is 6.07 Å². The van der Waals surface area contributed by atoms with Crippen molar-refractivity contribution in [1.29, 1.82) is 0 Å². The van der Waals surface area contributed by atoms with Gasteiger partial charge in [-0.3, -0.25) is 0 Å². The number of anilines is 1. The number of nitrogens with zero attached hydrogens (tertiary/aromatic N) is 1. The summed E-state index contributed by atoms with van der Waals surface area (Å²) in [7, 11) is 1.84. The van der Waals surface area contributed by atoms with E-state index in [1.165, 1.54) is 11.6 Å². The summed E-state index contributed by atoms with van der Waals surface area (Å²) in [5, 5.41) is 3.06. The normalized spacial score (nSPS) is 10.9. The van der Waals surface area contributed by atoms with E-state index in [4.69, 9.17) is 0 Å². The van der Waals surface area contributed by atoms with Crippen molar-refractivity contribution in [3.05, 3.63) is 65.5 Å². The second kappa shape index (κ2) is 7.23. The molecule has 0 saturated carbocycles. The number of nitrogens with one attached hydrogen (secondary N) is 1. The van der Waals surface area contributed by atoms with Crippen molar-refractivity contribution in [3.63, 3.8) is 0 Å². The molecule has 0 amide bonds. The van der Waals surface area contributed by atoms with Crippen LogP contribution in [0.15, 0.2) is 48.5 Å². The van der Waals surface area contributed by atoms with Crippen molar-refractivity contribution in [3.8, 4) is 0 Å². The van der Waals surface area contributed by atoms with Gasteiger partial charge in [-0.2, -0.15) is 0 Å². The molecule has 0 aliphatic carbocycles. The quantitative estimate of drug-likeness (QED) is 0.864. The molecule has 0 aliphatic heterocycles. The van der Waals surface area contributed by atoms with E-state index in [0.717, 1.165) is 17.8 Å². The van der Waals surface area contributed by atoms with Crippen molar-refractivity contribution in [1.82, 2.24) is 5.32 Å². The Morgan fingerprint density at radius 1 is 1.05 bits per heavy atom. The Labute approximate surface area is 126 Å². The molecule has 0 atom stereocenters. The molecule has 2 nitrogen and oxygen atoms in total. The Kier molecular flexibility index (Phi) is 5.34. The number of hydrogen-bond donors (Lipinski definition) is 1. The van der Waals surface area contributed by atoms with Gasteiger partial charge in [0, 0.05) is 30.4 Å². The van der Waals surface area contributed by atoms with Crippen molar-refractivity contribution in [2.24, 2.45) is 0 Å².